The Labute approximate surface area is 74.3 Å². The van der Waals surface area contributed by atoms with Gasteiger partial charge in [0.25, 0.3) is 0 Å². The topological polar surface area (TPSA) is 58.3 Å². The van der Waals surface area contributed by atoms with Gasteiger partial charge in [-0.25, -0.2) is 0 Å². The van der Waals surface area contributed by atoms with E-state index in [0.29, 0.717) is 19.0 Å². The molecule has 3 nitrogen and oxygen atoms in total. The molecule has 0 spiro atoms. The third-order valence-electron chi connectivity index (χ3n) is 2.90. The summed E-state index contributed by atoms with van der Waals surface area (Å²) in [6.07, 6.45) is 0.873. The highest BCUT2D eigenvalue weighted by Crippen LogP contribution is 2.27. The second-order valence-electron chi connectivity index (χ2n) is 4.18. The molecule has 0 saturated carbocycles. The molecule has 0 amide bonds. The maximum Gasteiger partial charge on any atom is 0.0811 e. The lowest BCUT2D eigenvalue weighted by Crippen LogP contribution is -2.54. The molecule has 0 aliphatic carbocycles. The maximum atomic E-state index is 10.2. The number of rotatable bonds is 2. The minimum Gasteiger partial charge on any atom is -0.388 e. The van der Waals surface area contributed by atoms with Crippen LogP contribution in [0.2, 0.25) is 0 Å². The summed E-state index contributed by atoms with van der Waals surface area (Å²) < 4.78 is 0. The van der Waals surface area contributed by atoms with E-state index >= 15 is 0 Å². The van der Waals surface area contributed by atoms with Gasteiger partial charge in [-0.3, -0.25) is 0 Å². The van der Waals surface area contributed by atoms with Crippen molar-refractivity contribution in [2.24, 2.45) is 17.6 Å². The maximum absolute atomic E-state index is 10.2. The van der Waals surface area contributed by atoms with Gasteiger partial charge in [0.1, 0.15) is 0 Å². The Bertz CT molecular complexity index is 151. The molecule has 3 atom stereocenters. The van der Waals surface area contributed by atoms with Crippen LogP contribution >= 0.6 is 0 Å². The van der Waals surface area contributed by atoms with E-state index in [4.69, 9.17) is 5.73 Å². The van der Waals surface area contributed by atoms with Gasteiger partial charge < -0.3 is 16.2 Å². The van der Waals surface area contributed by atoms with E-state index in [0.717, 1.165) is 13.0 Å². The number of hydrogen-bond acceptors (Lipinski definition) is 3. The van der Waals surface area contributed by atoms with Crippen LogP contribution in [0.25, 0.3) is 0 Å². The van der Waals surface area contributed by atoms with Crippen molar-refractivity contribution in [1.29, 1.82) is 0 Å². The van der Waals surface area contributed by atoms with Crippen molar-refractivity contribution in [2.75, 3.05) is 19.6 Å². The summed E-state index contributed by atoms with van der Waals surface area (Å²) in [6, 6.07) is 0. The minimum absolute atomic E-state index is 0.188. The fourth-order valence-electron chi connectivity index (χ4n) is 1.88. The number of nitrogens with one attached hydrogen (secondary N) is 1. The van der Waals surface area contributed by atoms with Gasteiger partial charge in [-0.1, -0.05) is 13.8 Å². The van der Waals surface area contributed by atoms with Crippen LogP contribution in [0.15, 0.2) is 0 Å². The van der Waals surface area contributed by atoms with Crippen LogP contribution in [0.1, 0.15) is 20.3 Å². The fourth-order valence-corrected chi connectivity index (χ4v) is 1.88. The van der Waals surface area contributed by atoms with E-state index in [2.05, 4.69) is 12.2 Å². The zero-order valence-electron chi connectivity index (χ0n) is 8.01. The molecule has 12 heavy (non-hydrogen) atoms. The number of aliphatic hydroxyl groups is 1. The second-order valence-corrected chi connectivity index (χ2v) is 4.18. The first-order chi connectivity index (χ1) is 5.58. The zero-order valence-corrected chi connectivity index (χ0v) is 8.01. The van der Waals surface area contributed by atoms with Crippen molar-refractivity contribution in [3.05, 3.63) is 0 Å². The lowest BCUT2D eigenvalue weighted by molar-refractivity contribution is -0.0419. The van der Waals surface area contributed by atoms with E-state index in [-0.39, 0.29) is 5.92 Å². The van der Waals surface area contributed by atoms with Gasteiger partial charge in [0, 0.05) is 6.54 Å². The zero-order chi connectivity index (χ0) is 9.19. The summed E-state index contributed by atoms with van der Waals surface area (Å²) in [7, 11) is 0. The fraction of sp³-hybridized carbons (Fsp3) is 1.00. The highest BCUT2D eigenvalue weighted by atomic mass is 16.3. The lowest BCUT2D eigenvalue weighted by Gasteiger charge is -2.40. The molecule has 4 N–H and O–H groups in total. The SMILES string of the molecule is CC1CNCC(O)(C(C)CN)C1. The molecule has 1 aliphatic heterocycles. The van der Waals surface area contributed by atoms with Crippen molar-refractivity contribution < 1.29 is 5.11 Å². The van der Waals surface area contributed by atoms with Crippen molar-refractivity contribution in [2.45, 2.75) is 25.9 Å². The summed E-state index contributed by atoms with van der Waals surface area (Å²) in [5.74, 6) is 0.741. The van der Waals surface area contributed by atoms with Crippen LogP contribution in [-0.2, 0) is 0 Å². The quantitative estimate of drug-likeness (QED) is 0.547. The van der Waals surface area contributed by atoms with E-state index in [1.165, 1.54) is 0 Å². The van der Waals surface area contributed by atoms with Crippen LogP contribution < -0.4 is 11.1 Å². The van der Waals surface area contributed by atoms with Crippen LogP contribution in [0, 0.1) is 11.8 Å². The normalized spacial score (nSPS) is 39.5. The van der Waals surface area contributed by atoms with Crippen LogP contribution in [0.4, 0.5) is 0 Å². The molecule has 0 aromatic heterocycles. The van der Waals surface area contributed by atoms with Crippen molar-refractivity contribution >= 4 is 0 Å². The third-order valence-corrected chi connectivity index (χ3v) is 2.90. The lowest BCUT2D eigenvalue weighted by atomic mass is 9.79. The molecule has 0 aromatic carbocycles. The standard InChI is InChI=1S/C9H20N2O/c1-7-3-9(12,6-11-5-7)8(2)4-10/h7-8,11-12H,3-6,10H2,1-2H3. The average molecular weight is 172 g/mol. The van der Waals surface area contributed by atoms with Gasteiger partial charge in [0.2, 0.25) is 0 Å². The summed E-state index contributed by atoms with van der Waals surface area (Å²) in [4.78, 5) is 0. The highest BCUT2D eigenvalue weighted by Gasteiger charge is 2.36. The van der Waals surface area contributed by atoms with E-state index in [9.17, 15) is 5.11 Å². The van der Waals surface area contributed by atoms with Gasteiger partial charge in [-0.15, -0.1) is 0 Å². The molecule has 0 radical (unpaired) electrons. The van der Waals surface area contributed by atoms with Crippen molar-refractivity contribution in [3.63, 3.8) is 0 Å². The molecule has 0 bridgehead atoms. The monoisotopic (exact) mass is 172 g/mol. The number of piperidine rings is 1. The molecule has 3 unspecified atom stereocenters. The molecule has 1 saturated heterocycles. The van der Waals surface area contributed by atoms with Gasteiger partial charge in [0.15, 0.2) is 0 Å². The number of nitrogens with two attached hydrogens (primary N) is 1. The first-order valence-corrected chi connectivity index (χ1v) is 4.71. The van der Waals surface area contributed by atoms with Crippen molar-refractivity contribution in [3.8, 4) is 0 Å². The van der Waals surface area contributed by atoms with Crippen LogP contribution in [-0.4, -0.2) is 30.3 Å². The molecule has 1 fully saturated rings. The minimum atomic E-state index is -0.577. The molecular weight excluding hydrogens is 152 g/mol. The molecule has 1 rings (SSSR count). The molecule has 72 valence electrons. The largest absolute Gasteiger partial charge is 0.388 e. The predicted octanol–water partition coefficient (Wildman–Crippen LogP) is -0.0583. The Hall–Kier alpha value is -0.120. The Balaban J connectivity index is 2.56. The van der Waals surface area contributed by atoms with Gasteiger partial charge >= 0.3 is 0 Å². The molecule has 1 heterocycles. The predicted molar refractivity (Wildman–Crippen MR) is 49.8 cm³/mol. The van der Waals surface area contributed by atoms with Crippen molar-refractivity contribution in [1.82, 2.24) is 5.32 Å². The van der Waals surface area contributed by atoms with E-state index in [1.54, 1.807) is 0 Å². The second kappa shape index (κ2) is 3.73. The van der Waals surface area contributed by atoms with Crippen LogP contribution in [0.5, 0.6) is 0 Å². The van der Waals surface area contributed by atoms with Gasteiger partial charge in [-0.2, -0.15) is 0 Å². The Morgan fingerprint density at radius 2 is 2.42 bits per heavy atom. The summed E-state index contributed by atoms with van der Waals surface area (Å²) in [5.41, 5.74) is 4.97. The molecule has 3 heteroatoms. The Kier molecular flexibility index (Phi) is 3.09. The average Bonchev–Trinajstić information content (AvgIpc) is 2.02. The number of hydrogen-bond donors (Lipinski definition) is 3. The molecule has 0 aromatic rings. The van der Waals surface area contributed by atoms with E-state index in [1.807, 2.05) is 6.92 Å². The van der Waals surface area contributed by atoms with E-state index < -0.39 is 5.60 Å². The third kappa shape index (κ3) is 1.97. The van der Waals surface area contributed by atoms with Crippen LogP contribution in [0.3, 0.4) is 0 Å². The Morgan fingerprint density at radius 1 is 1.75 bits per heavy atom. The Morgan fingerprint density at radius 3 is 2.92 bits per heavy atom. The first-order valence-electron chi connectivity index (χ1n) is 4.71. The number of β-amino-alcohol motifs (C(OH)–C–C–N with tert-alkyl or cyclic N) is 1. The van der Waals surface area contributed by atoms with Gasteiger partial charge in [-0.05, 0) is 31.3 Å². The first kappa shape index (κ1) is 9.96. The van der Waals surface area contributed by atoms with Gasteiger partial charge in [0.05, 0.1) is 5.60 Å². The molecule has 1 aliphatic rings. The smallest absolute Gasteiger partial charge is 0.0811 e. The summed E-state index contributed by atoms with van der Waals surface area (Å²) >= 11 is 0. The summed E-state index contributed by atoms with van der Waals surface area (Å²) in [5, 5.41) is 13.4. The summed E-state index contributed by atoms with van der Waals surface area (Å²) in [6.45, 7) is 6.43. The molecular formula is C9H20N2O. The highest BCUT2D eigenvalue weighted by molar-refractivity contribution is 4.92.